The van der Waals surface area contributed by atoms with Crippen molar-refractivity contribution in [1.29, 1.82) is 0 Å². The number of aromatic amines is 1. The number of aromatic nitrogens is 3. The van der Waals surface area contributed by atoms with E-state index in [1.165, 1.54) is 25.1 Å². The molecule has 3 N–H and O–H groups in total. The van der Waals surface area contributed by atoms with E-state index in [0.717, 1.165) is 22.9 Å². The molecule has 1 aromatic heterocycles. The number of halogens is 1. The fraction of sp³-hybridized carbons (Fsp3) is 0.227. The van der Waals surface area contributed by atoms with E-state index in [0.29, 0.717) is 22.5 Å². The van der Waals surface area contributed by atoms with Gasteiger partial charge >= 0.3 is 0 Å². The number of hydrogen-bond donors (Lipinski definition) is 3. The van der Waals surface area contributed by atoms with Crippen LogP contribution in [0.25, 0.3) is 11.3 Å². The van der Waals surface area contributed by atoms with E-state index in [-0.39, 0.29) is 34.2 Å². The summed E-state index contributed by atoms with van der Waals surface area (Å²) in [6, 6.07) is 7.72. The van der Waals surface area contributed by atoms with Crippen LogP contribution in [0.5, 0.6) is 0 Å². The van der Waals surface area contributed by atoms with Crippen molar-refractivity contribution in [3.05, 3.63) is 63.2 Å². The third-order valence-corrected chi connectivity index (χ3v) is 5.38. The molecule has 32 heavy (non-hydrogen) atoms. The Morgan fingerprint density at radius 2 is 1.81 bits per heavy atom. The van der Waals surface area contributed by atoms with Crippen LogP contribution in [0.3, 0.4) is 0 Å². The first kappa shape index (κ1) is 23.1. The lowest BCUT2D eigenvalue weighted by Gasteiger charge is -2.13. The summed E-state index contributed by atoms with van der Waals surface area (Å²) in [6.45, 7) is 6.78. The van der Waals surface area contributed by atoms with Crippen LogP contribution in [-0.4, -0.2) is 32.7 Å². The van der Waals surface area contributed by atoms with Gasteiger partial charge in [0, 0.05) is 18.2 Å². The Morgan fingerprint density at radius 3 is 2.47 bits per heavy atom. The van der Waals surface area contributed by atoms with Gasteiger partial charge in [0.05, 0.1) is 11.4 Å². The Kier molecular flexibility index (Phi) is 7.04. The molecule has 3 rings (SSSR count). The predicted molar refractivity (Wildman–Crippen MR) is 122 cm³/mol. The smallest absolute Gasteiger partial charge is 0.278 e. The van der Waals surface area contributed by atoms with E-state index in [4.69, 9.17) is 0 Å². The largest absolute Gasteiger partial charge is 0.325 e. The fourth-order valence-corrected chi connectivity index (χ4v) is 3.75. The lowest BCUT2D eigenvalue weighted by molar-refractivity contribution is -0.114. The molecule has 2 amide bonds. The molecule has 0 aliphatic carbocycles. The maximum absolute atomic E-state index is 13.2. The van der Waals surface area contributed by atoms with Gasteiger partial charge < -0.3 is 10.6 Å². The second-order valence-corrected chi connectivity index (χ2v) is 8.25. The Balaban J connectivity index is 1.77. The summed E-state index contributed by atoms with van der Waals surface area (Å²) in [7, 11) is 0. The molecule has 0 bridgehead atoms. The number of amides is 2. The monoisotopic (exact) mass is 455 g/mol. The molecule has 8 nitrogen and oxygen atoms in total. The summed E-state index contributed by atoms with van der Waals surface area (Å²) in [5.41, 5.74) is 3.34. The van der Waals surface area contributed by atoms with Crippen LogP contribution >= 0.6 is 11.8 Å². The number of aryl methyl sites for hydroxylation is 3. The van der Waals surface area contributed by atoms with Gasteiger partial charge in [0.1, 0.15) is 5.82 Å². The van der Waals surface area contributed by atoms with Gasteiger partial charge in [-0.3, -0.25) is 19.4 Å². The quantitative estimate of drug-likeness (QED) is 0.489. The molecule has 10 heteroatoms. The van der Waals surface area contributed by atoms with Gasteiger partial charge in [0.2, 0.25) is 11.8 Å². The summed E-state index contributed by atoms with van der Waals surface area (Å²) in [6.07, 6.45) is 0. The number of H-pyrrole nitrogens is 1. The molecule has 0 unspecified atom stereocenters. The van der Waals surface area contributed by atoms with Gasteiger partial charge in [0.15, 0.2) is 10.9 Å². The topological polar surface area (TPSA) is 117 Å². The first-order chi connectivity index (χ1) is 15.1. The number of thioether (sulfide) groups is 1. The van der Waals surface area contributed by atoms with E-state index in [2.05, 4.69) is 25.8 Å². The van der Waals surface area contributed by atoms with Crippen molar-refractivity contribution in [1.82, 2.24) is 15.2 Å². The van der Waals surface area contributed by atoms with Crippen molar-refractivity contribution in [2.75, 3.05) is 16.4 Å². The minimum Gasteiger partial charge on any atom is -0.325 e. The fourth-order valence-electron chi connectivity index (χ4n) is 3.15. The van der Waals surface area contributed by atoms with E-state index in [1.807, 2.05) is 19.9 Å². The summed E-state index contributed by atoms with van der Waals surface area (Å²) < 4.78 is 13.2. The van der Waals surface area contributed by atoms with Crippen molar-refractivity contribution >= 4 is 35.0 Å². The number of anilines is 2. The van der Waals surface area contributed by atoms with Gasteiger partial charge in [-0.1, -0.05) is 23.4 Å². The highest BCUT2D eigenvalue weighted by Gasteiger charge is 2.16. The Bertz CT molecular complexity index is 1260. The van der Waals surface area contributed by atoms with Crippen molar-refractivity contribution in [2.24, 2.45) is 0 Å². The maximum Gasteiger partial charge on any atom is 0.278 e. The van der Waals surface area contributed by atoms with E-state index >= 15 is 0 Å². The number of nitrogens with zero attached hydrogens (tertiary/aromatic N) is 2. The molecule has 166 valence electrons. The average Bonchev–Trinajstić information content (AvgIpc) is 2.70. The number of carbonyl (C=O) groups excluding carboxylic acids is 2. The van der Waals surface area contributed by atoms with Crippen LogP contribution in [0.15, 0.2) is 40.3 Å². The molecule has 0 saturated carbocycles. The van der Waals surface area contributed by atoms with Gasteiger partial charge in [0.25, 0.3) is 5.56 Å². The number of nitrogens with one attached hydrogen (secondary N) is 3. The molecule has 0 fully saturated rings. The summed E-state index contributed by atoms with van der Waals surface area (Å²) >= 11 is 1.01. The molecule has 3 aromatic rings. The first-order valence-corrected chi connectivity index (χ1v) is 10.7. The van der Waals surface area contributed by atoms with Gasteiger partial charge in [-0.15, -0.1) is 10.2 Å². The molecule has 0 radical (unpaired) electrons. The molecule has 1 heterocycles. The molecule has 0 spiro atoms. The Hall–Kier alpha value is -3.53. The summed E-state index contributed by atoms with van der Waals surface area (Å²) in [5, 5.41) is 13.7. The maximum atomic E-state index is 13.2. The summed E-state index contributed by atoms with van der Waals surface area (Å²) in [5.74, 6) is -1.01. The highest BCUT2D eigenvalue weighted by molar-refractivity contribution is 7.99. The number of rotatable bonds is 6. The minimum atomic E-state index is -0.492. The van der Waals surface area contributed by atoms with Crippen LogP contribution in [0.1, 0.15) is 23.6 Å². The molecule has 0 atom stereocenters. The normalized spacial score (nSPS) is 10.7. The van der Waals surface area contributed by atoms with E-state index in [1.54, 1.807) is 13.0 Å². The lowest BCUT2D eigenvalue weighted by Crippen LogP contribution is -2.18. The molecular formula is C22H22FN5O3S. The summed E-state index contributed by atoms with van der Waals surface area (Å²) in [4.78, 5) is 39.1. The van der Waals surface area contributed by atoms with Crippen molar-refractivity contribution in [2.45, 2.75) is 32.9 Å². The van der Waals surface area contributed by atoms with Crippen LogP contribution in [0, 0.1) is 26.6 Å². The van der Waals surface area contributed by atoms with Crippen LogP contribution in [0.2, 0.25) is 0 Å². The SMILES string of the molecule is CC(=O)Nc1c(C)cc(C)cc1-c1nnc(SCC(=O)Nc2ccc(F)cc2C)[nH]c1=O. The number of hydrogen-bond acceptors (Lipinski definition) is 6. The minimum absolute atomic E-state index is 0.0263. The third kappa shape index (κ3) is 5.58. The highest BCUT2D eigenvalue weighted by atomic mass is 32.2. The standard InChI is InChI=1S/C22H22FN5O3S/c1-11-7-13(3)19(24-14(4)29)16(8-11)20-21(31)26-22(28-27-20)32-10-18(30)25-17-6-5-15(23)9-12(17)2/h5-9H,10H2,1-4H3,(H,24,29)(H,25,30)(H,26,28,31). The van der Waals surface area contributed by atoms with E-state index < -0.39 is 5.56 Å². The van der Waals surface area contributed by atoms with Gasteiger partial charge in [-0.05, 0) is 56.2 Å². The first-order valence-electron chi connectivity index (χ1n) is 9.69. The molecule has 2 aromatic carbocycles. The van der Waals surface area contributed by atoms with Gasteiger partial charge in [-0.2, -0.15) is 0 Å². The third-order valence-electron chi connectivity index (χ3n) is 4.51. The molecular weight excluding hydrogens is 433 g/mol. The average molecular weight is 456 g/mol. The van der Waals surface area contributed by atoms with Crippen molar-refractivity contribution < 1.29 is 14.0 Å². The zero-order valence-corrected chi connectivity index (χ0v) is 18.8. The van der Waals surface area contributed by atoms with Crippen LogP contribution in [-0.2, 0) is 9.59 Å². The zero-order valence-electron chi connectivity index (χ0n) is 18.0. The molecule has 0 saturated heterocycles. The van der Waals surface area contributed by atoms with Crippen molar-refractivity contribution in [3.8, 4) is 11.3 Å². The second-order valence-electron chi connectivity index (χ2n) is 7.29. The Morgan fingerprint density at radius 1 is 1.06 bits per heavy atom. The molecule has 0 aliphatic heterocycles. The lowest BCUT2D eigenvalue weighted by atomic mass is 10.0. The number of carbonyl (C=O) groups is 2. The van der Waals surface area contributed by atoms with Crippen LogP contribution < -0.4 is 16.2 Å². The van der Waals surface area contributed by atoms with E-state index in [9.17, 15) is 18.8 Å². The molecule has 0 aliphatic rings. The predicted octanol–water partition coefficient (Wildman–Crippen LogP) is 3.59. The van der Waals surface area contributed by atoms with Gasteiger partial charge in [-0.25, -0.2) is 4.39 Å². The highest BCUT2D eigenvalue weighted by Crippen LogP contribution is 2.29. The Labute approximate surface area is 188 Å². The zero-order chi connectivity index (χ0) is 23.4. The van der Waals surface area contributed by atoms with Crippen molar-refractivity contribution in [3.63, 3.8) is 0 Å². The van der Waals surface area contributed by atoms with Crippen LogP contribution in [0.4, 0.5) is 15.8 Å². The number of benzene rings is 2. The second kappa shape index (κ2) is 9.73.